The summed E-state index contributed by atoms with van der Waals surface area (Å²) in [6, 6.07) is -1.53. The summed E-state index contributed by atoms with van der Waals surface area (Å²) >= 11 is 0. The molecule has 56 heavy (non-hydrogen) atoms. The molecule has 0 spiro atoms. The van der Waals surface area contributed by atoms with Gasteiger partial charge in [0.1, 0.15) is 12.6 Å². The van der Waals surface area contributed by atoms with Crippen LogP contribution in [0.1, 0.15) is 168 Å². The van der Waals surface area contributed by atoms with E-state index in [1.807, 2.05) is 12.2 Å². The van der Waals surface area contributed by atoms with Gasteiger partial charge in [-0.05, 0) is 77.0 Å². The largest absolute Gasteiger partial charge is 0.480 e. The topological polar surface area (TPSA) is 172 Å². The molecule has 0 aliphatic carbocycles. The third kappa shape index (κ3) is 38.1. The first-order valence-corrected chi connectivity index (χ1v) is 22.8. The smallest absolute Gasteiger partial charge is 0.472 e. The molecule has 0 aliphatic rings. The van der Waals surface area contributed by atoms with Gasteiger partial charge in [0.15, 0.2) is 6.10 Å². The molecule has 0 rings (SSSR count). The summed E-state index contributed by atoms with van der Waals surface area (Å²) in [6.45, 7) is 2.69. The molecule has 0 bridgehead atoms. The molecular weight excluding hydrogens is 733 g/mol. The van der Waals surface area contributed by atoms with Gasteiger partial charge in [-0.15, -0.1) is 0 Å². The fraction of sp³-hybridized carbons (Fsp3) is 0.705. The van der Waals surface area contributed by atoms with Crippen molar-refractivity contribution >= 4 is 25.7 Å². The van der Waals surface area contributed by atoms with E-state index >= 15 is 0 Å². The molecular formula is C44H76NO10P. The molecule has 0 fully saturated rings. The van der Waals surface area contributed by atoms with Crippen LogP contribution in [0.5, 0.6) is 0 Å². The van der Waals surface area contributed by atoms with Crippen LogP contribution in [0, 0.1) is 0 Å². The first-order valence-electron chi connectivity index (χ1n) is 21.3. The van der Waals surface area contributed by atoms with Crippen molar-refractivity contribution in [3.05, 3.63) is 60.8 Å². The highest BCUT2D eigenvalue weighted by atomic mass is 31.2. The SMILES string of the molecule is CCCCCC=CCC=CCC=CCC=CCCCC(=O)OCC(COP(=O)(O)OCC(N)C(=O)O)OC(=O)CCCCCCCC=CCCCCCCCC. The number of hydrogen-bond acceptors (Lipinski definition) is 9. The molecule has 0 amide bonds. The van der Waals surface area contributed by atoms with E-state index in [1.165, 1.54) is 57.8 Å². The summed E-state index contributed by atoms with van der Waals surface area (Å²) in [6.07, 6.45) is 44.3. The standard InChI is InChI=1S/C44H76NO10P/c1-3-5-7-9-11-13-15-17-19-20-22-23-25-27-29-31-33-35-42(46)52-37-40(38-53-56(50,51)54-39-41(45)44(48)49)55-43(47)36-34-32-30-28-26-24-21-18-16-14-12-10-8-6-4-2/h11,13,17-19,21-23,27,29,40-41H,3-10,12,14-16,20,24-26,28,30-39,45H2,1-2H3,(H,48,49)(H,50,51). The fourth-order valence-electron chi connectivity index (χ4n) is 5.34. The number of phosphoric acid groups is 1. The Bertz CT molecular complexity index is 1180. The Kier molecular flexibility index (Phi) is 37.1. The van der Waals surface area contributed by atoms with Gasteiger partial charge in [0.05, 0.1) is 13.2 Å². The van der Waals surface area contributed by atoms with Gasteiger partial charge < -0.3 is 25.2 Å². The van der Waals surface area contributed by atoms with Crippen LogP contribution in [0.2, 0.25) is 0 Å². The number of phosphoric ester groups is 1. The van der Waals surface area contributed by atoms with E-state index in [0.717, 1.165) is 64.2 Å². The van der Waals surface area contributed by atoms with Crippen molar-refractivity contribution in [3.63, 3.8) is 0 Å². The van der Waals surface area contributed by atoms with Gasteiger partial charge in [-0.25, -0.2) is 4.57 Å². The first-order chi connectivity index (χ1) is 27.1. The highest BCUT2D eigenvalue weighted by molar-refractivity contribution is 7.47. The molecule has 0 aromatic carbocycles. The molecule has 0 radical (unpaired) electrons. The van der Waals surface area contributed by atoms with Crippen LogP contribution in [0.25, 0.3) is 0 Å². The number of allylic oxidation sites excluding steroid dienone is 10. The van der Waals surface area contributed by atoms with Gasteiger partial charge in [0.2, 0.25) is 0 Å². The lowest BCUT2D eigenvalue weighted by atomic mass is 10.1. The molecule has 0 aromatic rings. The van der Waals surface area contributed by atoms with Gasteiger partial charge in [-0.1, -0.05) is 139 Å². The highest BCUT2D eigenvalue weighted by Crippen LogP contribution is 2.43. The van der Waals surface area contributed by atoms with Crippen molar-refractivity contribution in [2.24, 2.45) is 5.73 Å². The molecule has 0 heterocycles. The minimum absolute atomic E-state index is 0.137. The zero-order chi connectivity index (χ0) is 41.4. The average molecular weight is 810 g/mol. The molecule has 4 N–H and O–H groups in total. The third-order valence-electron chi connectivity index (χ3n) is 8.74. The maximum atomic E-state index is 12.6. The number of carboxylic acid groups (broad SMARTS) is 1. The number of unbranched alkanes of at least 4 members (excludes halogenated alkanes) is 15. The lowest BCUT2D eigenvalue weighted by molar-refractivity contribution is -0.161. The minimum atomic E-state index is -4.73. The third-order valence-corrected chi connectivity index (χ3v) is 9.69. The Morgan fingerprint density at radius 2 is 0.964 bits per heavy atom. The molecule has 0 aliphatic heterocycles. The number of nitrogens with two attached hydrogens (primary N) is 1. The molecule has 3 unspecified atom stereocenters. The molecule has 322 valence electrons. The van der Waals surface area contributed by atoms with E-state index in [0.29, 0.717) is 19.3 Å². The van der Waals surface area contributed by atoms with E-state index < -0.39 is 51.1 Å². The first kappa shape index (κ1) is 53.2. The van der Waals surface area contributed by atoms with E-state index in [1.54, 1.807) is 0 Å². The average Bonchev–Trinajstić information content (AvgIpc) is 3.17. The van der Waals surface area contributed by atoms with Crippen molar-refractivity contribution in [3.8, 4) is 0 Å². The summed E-state index contributed by atoms with van der Waals surface area (Å²) in [5, 5.41) is 8.88. The maximum absolute atomic E-state index is 12.6. The summed E-state index contributed by atoms with van der Waals surface area (Å²) < 4.78 is 32.6. The summed E-state index contributed by atoms with van der Waals surface area (Å²) in [5.74, 6) is -2.47. The van der Waals surface area contributed by atoms with Crippen LogP contribution < -0.4 is 5.73 Å². The Morgan fingerprint density at radius 3 is 1.52 bits per heavy atom. The second-order valence-electron chi connectivity index (χ2n) is 14.1. The number of carboxylic acids is 1. The summed E-state index contributed by atoms with van der Waals surface area (Å²) in [7, 11) is -4.73. The van der Waals surface area contributed by atoms with Crippen LogP contribution in [-0.2, 0) is 37.5 Å². The van der Waals surface area contributed by atoms with Crippen molar-refractivity contribution < 1.29 is 47.5 Å². The van der Waals surface area contributed by atoms with Crippen LogP contribution in [0.4, 0.5) is 0 Å². The van der Waals surface area contributed by atoms with Crippen molar-refractivity contribution in [2.45, 2.75) is 180 Å². The number of rotatable bonds is 39. The number of carbonyl (C=O) groups is 3. The van der Waals surface area contributed by atoms with Crippen LogP contribution in [0.15, 0.2) is 60.8 Å². The maximum Gasteiger partial charge on any atom is 0.472 e. The number of ether oxygens (including phenoxy) is 2. The van der Waals surface area contributed by atoms with E-state index in [2.05, 4.69) is 67.0 Å². The van der Waals surface area contributed by atoms with Crippen molar-refractivity contribution in [1.29, 1.82) is 0 Å². The number of aliphatic carboxylic acids is 1. The molecule has 0 aromatic heterocycles. The van der Waals surface area contributed by atoms with E-state index in [9.17, 15) is 23.8 Å². The highest BCUT2D eigenvalue weighted by Gasteiger charge is 2.28. The Hall–Kier alpha value is -2.82. The van der Waals surface area contributed by atoms with Gasteiger partial charge >= 0.3 is 25.7 Å². The summed E-state index contributed by atoms with van der Waals surface area (Å²) in [5.41, 5.74) is 5.32. The fourth-order valence-corrected chi connectivity index (χ4v) is 6.12. The Morgan fingerprint density at radius 1 is 0.554 bits per heavy atom. The lowest BCUT2D eigenvalue weighted by Gasteiger charge is -2.20. The predicted molar refractivity (Wildman–Crippen MR) is 226 cm³/mol. The van der Waals surface area contributed by atoms with Gasteiger partial charge in [0.25, 0.3) is 0 Å². The van der Waals surface area contributed by atoms with Crippen molar-refractivity contribution in [1.82, 2.24) is 0 Å². The van der Waals surface area contributed by atoms with Gasteiger partial charge in [0, 0.05) is 12.8 Å². The zero-order valence-corrected chi connectivity index (χ0v) is 35.6. The molecule has 0 saturated carbocycles. The van der Waals surface area contributed by atoms with Gasteiger partial charge in [-0.2, -0.15) is 0 Å². The normalized spacial score (nSPS) is 14.4. The van der Waals surface area contributed by atoms with E-state index in [-0.39, 0.29) is 19.4 Å². The Labute approximate surface area is 338 Å². The lowest BCUT2D eigenvalue weighted by Crippen LogP contribution is -2.34. The predicted octanol–water partition coefficient (Wildman–Crippen LogP) is 11.2. The molecule has 11 nitrogen and oxygen atoms in total. The Balaban J connectivity index is 4.50. The monoisotopic (exact) mass is 810 g/mol. The number of hydrogen-bond donors (Lipinski definition) is 3. The van der Waals surface area contributed by atoms with Crippen LogP contribution in [-0.4, -0.2) is 59.9 Å². The molecule has 0 saturated heterocycles. The van der Waals surface area contributed by atoms with Gasteiger partial charge in [-0.3, -0.25) is 23.4 Å². The molecule has 12 heteroatoms. The second-order valence-corrected chi connectivity index (χ2v) is 15.6. The van der Waals surface area contributed by atoms with E-state index in [4.69, 9.17) is 24.8 Å². The van der Waals surface area contributed by atoms with Crippen molar-refractivity contribution in [2.75, 3.05) is 19.8 Å². The zero-order valence-electron chi connectivity index (χ0n) is 34.7. The number of esters is 2. The number of carbonyl (C=O) groups excluding carboxylic acids is 2. The van der Waals surface area contributed by atoms with Crippen LogP contribution >= 0.6 is 7.82 Å². The molecule has 3 atom stereocenters. The quantitative estimate of drug-likeness (QED) is 0.0233. The second kappa shape index (κ2) is 39.0. The summed E-state index contributed by atoms with van der Waals surface area (Å²) in [4.78, 5) is 45.9. The minimum Gasteiger partial charge on any atom is -0.480 e. The van der Waals surface area contributed by atoms with Crippen LogP contribution in [0.3, 0.4) is 0 Å².